The van der Waals surface area contributed by atoms with Gasteiger partial charge in [0.2, 0.25) is 11.9 Å². The van der Waals surface area contributed by atoms with Crippen LogP contribution in [-0.4, -0.2) is 30.0 Å². The molecular formula is C9H13NO4. The van der Waals surface area contributed by atoms with E-state index in [0.717, 1.165) is 0 Å². The second-order valence-electron chi connectivity index (χ2n) is 2.94. The number of cyclic esters (lactones) is 1. The van der Waals surface area contributed by atoms with Gasteiger partial charge in [0.25, 0.3) is 0 Å². The molecule has 1 rings (SSSR count). The third-order valence-electron chi connectivity index (χ3n) is 1.95. The van der Waals surface area contributed by atoms with Crippen molar-refractivity contribution in [3.05, 3.63) is 11.1 Å². The Hall–Kier alpha value is -1.45. The topological polar surface area (TPSA) is 76.0 Å². The molecule has 0 amide bonds. The van der Waals surface area contributed by atoms with Crippen LogP contribution in [0.15, 0.2) is 16.1 Å². The zero-order chi connectivity index (χ0) is 11.4. The predicted molar refractivity (Wildman–Crippen MR) is 49.1 cm³/mol. The first-order chi connectivity index (χ1) is 6.36. The van der Waals surface area contributed by atoms with Crippen LogP contribution in [0.25, 0.3) is 0 Å². The molecule has 0 saturated carbocycles. The maximum atomic E-state index is 10.8. The maximum absolute atomic E-state index is 10.8. The van der Waals surface area contributed by atoms with E-state index in [-0.39, 0.29) is 0 Å². The molecule has 14 heavy (non-hydrogen) atoms. The molecule has 0 bridgehead atoms. The number of rotatable bonds is 0. The van der Waals surface area contributed by atoms with Gasteiger partial charge in [-0.1, -0.05) is 0 Å². The zero-order valence-electron chi connectivity index (χ0n) is 8.62. The van der Waals surface area contributed by atoms with Gasteiger partial charge in [0.15, 0.2) is 0 Å². The molecule has 0 aromatic rings. The van der Waals surface area contributed by atoms with Crippen LogP contribution in [0.4, 0.5) is 0 Å². The first-order valence-electron chi connectivity index (χ1n) is 3.96. The van der Waals surface area contributed by atoms with Crippen molar-refractivity contribution < 1.29 is 19.4 Å². The fourth-order valence-electron chi connectivity index (χ4n) is 0.835. The van der Waals surface area contributed by atoms with Crippen molar-refractivity contribution in [2.75, 3.05) is 7.05 Å². The van der Waals surface area contributed by atoms with E-state index in [1.807, 2.05) is 0 Å². The molecule has 5 nitrogen and oxygen atoms in total. The van der Waals surface area contributed by atoms with Gasteiger partial charge in [0, 0.05) is 25.1 Å². The molecule has 1 heterocycles. The first-order valence-corrected chi connectivity index (χ1v) is 3.96. The van der Waals surface area contributed by atoms with Gasteiger partial charge < -0.3 is 9.84 Å². The quantitative estimate of drug-likeness (QED) is 0.351. The number of hydrogen-bond donors (Lipinski definition) is 1. The Morgan fingerprint density at radius 1 is 1.50 bits per heavy atom. The van der Waals surface area contributed by atoms with Crippen molar-refractivity contribution in [3.63, 3.8) is 0 Å². The van der Waals surface area contributed by atoms with E-state index in [1.165, 1.54) is 20.1 Å². The van der Waals surface area contributed by atoms with E-state index in [2.05, 4.69) is 9.73 Å². The SMILES string of the molecule is CC1=C(C)C(C)(O)OC1=O.CN=C=O. The lowest BCUT2D eigenvalue weighted by Crippen LogP contribution is -2.25. The standard InChI is InChI=1S/C7H10O3.C2H3NO/c1-4-5(2)7(3,9)10-6(4)8;1-3-2-4/h9H,1-3H3;1H3. The number of carbonyl (C=O) groups is 1. The van der Waals surface area contributed by atoms with Gasteiger partial charge in [-0.25, -0.2) is 14.6 Å². The molecule has 0 fully saturated rings. The van der Waals surface area contributed by atoms with Crippen molar-refractivity contribution in [1.29, 1.82) is 0 Å². The van der Waals surface area contributed by atoms with Gasteiger partial charge in [-0.05, 0) is 13.8 Å². The van der Waals surface area contributed by atoms with Crippen LogP contribution in [-0.2, 0) is 14.3 Å². The minimum Gasteiger partial charge on any atom is -0.426 e. The summed E-state index contributed by atoms with van der Waals surface area (Å²) in [5, 5.41) is 9.30. The lowest BCUT2D eigenvalue weighted by Gasteiger charge is -2.16. The maximum Gasteiger partial charge on any atom is 0.336 e. The van der Waals surface area contributed by atoms with Crippen LogP contribution in [0.3, 0.4) is 0 Å². The Kier molecular flexibility index (Phi) is 4.21. The highest BCUT2D eigenvalue weighted by atomic mass is 16.7. The van der Waals surface area contributed by atoms with Crippen LogP contribution in [0, 0.1) is 0 Å². The highest BCUT2D eigenvalue weighted by Crippen LogP contribution is 2.28. The average molecular weight is 199 g/mol. The van der Waals surface area contributed by atoms with E-state index in [4.69, 9.17) is 4.79 Å². The van der Waals surface area contributed by atoms with E-state index >= 15 is 0 Å². The molecule has 0 aliphatic carbocycles. The number of carbonyl (C=O) groups excluding carboxylic acids is 2. The second-order valence-corrected chi connectivity index (χ2v) is 2.94. The summed E-state index contributed by atoms with van der Waals surface area (Å²) < 4.78 is 4.62. The molecular weight excluding hydrogens is 186 g/mol. The predicted octanol–water partition coefficient (Wildman–Crippen LogP) is 0.540. The summed E-state index contributed by atoms with van der Waals surface area (Å²) in [5.41, 5.74) is 1.10. The molecule has 1 N–H and O–H groups in total. The van der Waals surface area contributed by atoms with Gasteiger partial charge in [-0.2, -0.15) is 0 Å². The largest absolute Gasteiger partial charge is 0.426 e. The lowest BCUT2D eigenvalue weighted by molar-refractivity contribution is -0.175. The van der Waals surface area contributed by atoms with Crippen LogP contribution in [0.1, 0.15) is 20.8 Å². The fraction of sp³-hybridized carbons (Fsp3) is 0.556. The van der Waals surface area contributed by atoms with Gasteiger partial charge in [0.05, 0.1) is 0 Å². The van der Waals surface area contributed by atoms with Gasteiger partial charge in [-0.3, -0.25) is 0 Å². The van der Waals surface area contributed by atoms with Gasteiger partial charge in [0.1, 0.15) is 0 Å². The number of isocyanates is 1. The third kappa shape index (κ3) is 2.80. The molecule has 1 atom stereocenters. The minimum atomic E-state index is -1.37. The van der Waals surface area contributed by atoms with E-state index in [1.54, 1.807) is 13.8 Å². The van der Waals surface area contributed by atoms with Crippen molar-refractivity contribution in [3.8, 4) is 0 Å². The van der Waals surface area contributed by atoms with E-state index < -0.39 is 11.8 Å². The van der Waals surface area contributed by atoms with Crippen LogP contribution >= 0.6 is 0 Å². The van der Waals surface area contributed by atoms with Crippen molar-refractivity contribution in [2.24, 2.45) is 4.99 Å². The Morgan fingerprint density at radius 3 is 2.00 bits per heavy atom. The van der Waals surface area contributed by atoms with Crippen LogP contribution in [0.5, 0.6) is 0 Å². The molecule has 0 spiro atoms. The Morgan fingerprint density at radius 2 is 1.93 bits per heavy atom. The van der Waals surface area contributed by atoms with E-state index in [0.29, 0.717) is 11.1 Å². The minimum absolute atomic E-state index is 0.428. The van der Waals surface area contributed by atoms with Gasteiger partial charge in [-0.15, -0.1) is 0 Å². The van der Waals surface area contributed by atoms with Crippen molar-refractivity contribution in [2.45, 2.75) is 26.6 Å². The van der Waals surface area contributed by atoms with Crippen molar-refractivity contribution >= 4 is 12.0 Å². The van der Waals surface area contributed by atoms with Crippen LogP contribution in [0.2, 0.25) is 0 Å². The Balaban J connectivity index is 0.000000364. The summed E-state index contributed by atoms with van der Waals surface area (Å²) in [4.78, 5) is 22.6. The molecule has 1 unspecified atom stereocenters. The fourth-order valence-corrected chi connectivity index (χ4v) is 0.835. The number of nitrogens with zero attached hydrogens (tertiary/aromatic N) is 1. The lowest BCUT2D eigenvalue weighted by atomic mass is 10.1. The van der Waals surface area contributed by atoms with E-state index in [9.17, 15) is 9.90 Å². The smallest absolute Gasteiger partial charge is 0.336 e. The summed E-state index contributed by atoms with van der Waals surface area (Å²) in [7, 11) is 1.38. The molecule has 0 aromatic heterocycles. The molecule has 5 heteroatoms. The molecule has 1 aliphatic heterocycles. The Bertz CT molecular complexity index is 311. The van der Waals surface area contributed by atoms with Gasteiger partial charge >= 0.3 is 5.97 Å². The highest BCUT2D eigenvalue weighted by Gasteiger charge is 2.37. The summed E-state index contributed by atoms with van der Waals surface area (Å²) in [5.74, 6) is -1.80. The number of aliphatic hydroxyl groups is 1. The first kappa shape index (κ1) is 12.6. The third-order valence-corrected chi connectivity index (χ3v) is 1.95. The number of esters is 1. The molecule has 1 aliphatic rings. The zero-order valence-corrected chi connectivity index (χ0v) is 8.62. The molecule has 0 radical (unpaired) electrons. The molecule has 0 saturated heterocycles. The monoisotopic (exact) mass is 199 g/mol. The number of aliphatic imine (C=N–C) groups is 1. The second kappa shape index (κ2) is 4.69. The normalized spacial score (nSPS) is 24.8. The molecule has 0 aromatic carbocycles. The summed E-state index contributed by atoms with van der Waals surface area (Å²) in [6.07, 6.45) is 1.31. The van der Waals surface area contributed by atoms with Crippen LogP contribution < -0.4 is 0 Å². The molecule has 78 valence electrons. The average Bonchev–Trinajstić information content (AvgIpc) is 2.30. The number of hydrogen-bond acceptors (Lipinski definition) is 5. The summed E-state index contributed by atoms with van der Waals surface area (Å²) >= 11 is 0. The highest BCUT2D eigenvalue weighted by molar-refractivity contribution is 5.91. The van der Waals surface area contributed by atoms with Crippen molar-refractivity contribution in [1.82, 2.24) is 0 Å². The summed E-state index contributed by atoms with van der Waals surface area (Å²) in [6, 6.07) is 0. The number of ether oxygens (including phenoxy) is 1. The Labute approximate surface area is 82.1 Å². The summed E-state index contributed by atoms with van der Waals surface area (Å²) in [6.45, 7) is 4.77.